The van der Waals surface area contributed by atoms with E-state index in [1.165, 1.54) is 7.11 Å². The number of aliphatic hydroxyl groups is 2. The van der Waals surface area contributed by atoms with Crippen molar-refractivity contribution in [2.45, 2.75) is 57.3 Å². The van der Waals surface area contributed by atoms with Gasteiger partial charge in [0.05, 0.1) is 25.9 Å². The van der Waals surface area contributed by atoms with E-state index < -0.39 is 24.2 Å². The van der Waals surface area contributed by atoms with Gasteiger partial charge in [-0.05, 0) is 43.9 Å². The van der Waals surface area contributed by atoms with Crippen LogP contribution in [-0.2, 0) is 19.1 Å². The zero-order valence-corrected chi connectivity index (χ0v) is 17.7. The molecule has 1 aliphatic rings. The molecular formula is C23H32O7. The molecule has 2 rings (SSSR count). The summed E-state index contributed by atoms with van der Waals surface area (Å²) in [7, 11) is 1.36. The molecule has 0 saturated heterocycles. The van der Waals surface area contributed by atoms with Crippen LogP contribution < -0.4 is 4.74 Å². The third kappa shape index (κ3) is 7.89. The number of carbonyl (C=O) groups excluding carboxylic acids is 2. The van der Waals surface area contributed by atoms with E-state index in [4.69, 9.17) is 9.47 Å². The molecule has 7 nitrogen and oxygen atoms in total. The Labute approximate surface area is 177 Å². The summed E-state index contributed by atoms with van der Waals surface area (Å²) in [5.41, 5.74) is 1.06. The lowest BCUT2D eigenvalue weighted by Gasteiger charge is -2.22. The lowest BCUT2D eigenvalue weighted by molar-refractivity contribution is -0.140. The lowest BCUT2D eigenvalue weighted by atomic mass is 9.99. The number of hydrogen-bond acceptors (Lipinski definition) is 7. The largest absolute Gasteiger partial charge is 0.491 e. The Kier molecular flexibility index (Phi) is 10.00. The fourth-order valence-corrected chi connectivity index (χ4v) is 3.41. The fourth-order valence-electron chi connectivity index (χ4n) is 3.41. The summed E-state index contributed by atoms with van der Waals surface area (Å²) in [4.78, 5) is 23.3. The number of ether oxygens (including phenoxy) is 3. The molecule has 1 aromatic rings. The first kappa shape index (κ1) is 24.1. The molecule has 0 amide bonds. The average molecular weight is 421 g/mol. The maximum atomic E-state index is 12.2. The van der Waals surface area contributed by atoms with Gasteiger partial charge in [0.15, 0.2) is 0 Å². The summed E-state index contributed by atoms with van der Waals surface area (Å²) in [6.45, 7) is 1.99. The Morgan fingerprint density at radius 3 is 2.83 bits per heavy atom. The standard InChI is InChI=1S/C23H32O7/c1-16-8-7-9-18(12-16)29-14-17(24)15-30-23-19(20(25)13-21(23)26)10-5-3-4-6-11-22(27)28-2/h3,5,7-9,12,17,19,21,23-24,26H,4,6,10-11,13-15H2,1-2H3/t17?,19-,21+,23+/m0/s1. The zero-order valence-electron chi connectivity index (χ0n) is 17.7. The van der Waals surface area contributed by atoms with Gasteiger partial charge in [0.2, 0.25) is 0 Å². The molecule has 4 atom stereocenters. The Morgan fingerprint density at radius 2 is 2.10 bits per heavy atom. The van der Waals surface area contributed by atoms with Gasteiger partial charge in [-0.1, -0.05) is 24.3 Å². The van der Waals surface area contributed by atoms with Crippen molar-refractivity contribution in [3.05, 3.63) is 42.0 Å². The number of carbonyl (C=O) groups is 2. The number of unbranched alkanes of at least 4 members (excludes halogenated alkanes) is 1. The van der Waals surface area contributed by atoms with Gasteiger partial charge in [-0.2, -0.15) is 0 Å². The molecule has 0 aliphatic heterocycles. The fraction of sp³-hybridized carbons (Fsp3) is 0.565. The molecule has 0 spiro atoms. The van der Waals surface area contributed by atoms with E-state index in [2.05, 4.69) is 4.74 Å². The van der Waals surface area contributed by atoms with Crippen molar-refractivity contribution in [2.24, 2.45) is 5.92 Å². The maximum Gasteiger partial charge on any atom is 0.305 e. The van der Waals surface area contributed by atoms with Crippen LogP contribution in [0.1, 0.15) is 37.7 Å². The molecule has 166 valence electrons. The van der Waals surface area contributed by atoms with Crippen LogP contribution in [0.15, 0.2) is 36.4 Å². The second-order valence-corrected chi connectivity index (χ2v) is 7.60. The highest BCUT2D eigenvalue weighted by molar-refractivity contribution is 5.85. The molecule has 0 aromatic heterocycles. The number of Topliss-reactive ketones (excluding diaryl/α,β-unsaturated/α-hetero) is 1. The Morgan fingerprint density at radius 1 is 1.30 bits per heavy atom. The van der Waals surface area contributed by atoms with Crippen LogP contribution in [0, 0.1) is 12.8 Å². The summed E-state index contributed by atoms with van der Waals surface area (Å²) in [6.07, 6.45) is 3.66. The highest BCUT2D eigenvalue weighted by Crippen LogP contribution is 2.29. The van der Waals surface area contributed by atoms with Crippen LogP contribution in [-0.4, -0.2) is 60.6 Å². The average Bonchev–Trinajstić information content (AvgIpc) is 2.99. The summed E-state index contributed by atoms with van der Waals surface area (Å²) in [5, 5.41) is 20.3. The predicted molar refractivity (Wildman–Crippen MR) is 111 cm³/mol. The molecule has 1 saturated carbocycles. The third-order valence-corrected chi connectivity index (χ3v) is 5.05. The van der Waals surface area contributed by atoms with Crippen molar-refractivity contribution in [1.29, 1.82) is 0 Å². The zero-order chi connectivity index (χ0) is 21.9. The summed E-state index contributed by atoms with van der Waals surface area (Å²) < 4.78 is 15.9. The van der Waals surface area contributed by atoms with E-state index in [9.17, 15) is 19.8 Å². The number of rotatable bonds is 12. The van der Waals surface area contributed by atoms with Crippen LogP contribution in [0.5, 0.6) is 5.75 Å². The van der Waals surface area contributed by atoms with Crippen molar-refractivity contribution in [1.82, 2.24) is 0 Å². The molecular weight excluding hydrogens is 388 g/mol. The SMILES string of the molecule is COC(=O)CCCC=CC[C@H]1C(=O)C[C@@H](O)[C@@H]1OCC(O)COc1cccc(C)c1. The van der Waals surface area contributed by atoms with E-state index in [1.54, 1.807) is 0 Å². The number of esters is 1. The molecule has 7 heteroatoms. The summed E-state index contributed by atoms with van der Waals surface area (Å²) >= 11 is 0. The van der Waals surface area contributed by atoms with Crippen LogP contribution >= 0.6 is 0 Å². The summed E-state index contributed by atoms with van der Waals surface area (Å²) in [6, 6.07) is 7.52. The van der Waals surface area contributed by atoms with Crippen molar-refractivity contribution >= 4 is 11.8 Å². The topological polar surface area (TPSA) is 102 Å². The molecule has 30 heavy (non-hydrogen) atoms. The van der Waals surface area contributed by atoms with Gasteiger partial charge in [0.25, 0.3) is 0 Å². The van der Waals surface area contributed by atoms with Crippen LogP contribution in [0.3, 0.4) is 0 Å². The van der Waals surface area contributed by atoms with E-state index >= 15 is 0 Å². The monoisotopic (exact) mass is 420 g/mol. The molecule has 0 heterocycles. The number of aryl methyl sites for hydroxylation is 1. The predicted octanol–water partition coefficient (Wildman–Crippen LogP) is 2.36. The third-order valence-electron chi connectivity index (χ3n) is 5.05. The molecule has 1 unspecified atom stereocenters. The van der Waals surface area contributed by atoms with Crippen molar-refractivity contribution in [3.8, 4) is 5.75 Å². The first-order valence-electron chi connectivity index (χ1n) is 10.3. The van der Waals surface area contributed by atoms with E-state index in [0.717, 1.165) is 5.56 Å². The van der Waals surface area contributed by atoms with Gasteiger partial charge in [-0.15, -0.1) is 0 Å². The molecule has 2 N–H and O–H groups in total. The molecule has 0 bridgehead atoms. The number of ketones is 1. The molecule has 1 aromatic carbocycles. The number of benzene rings is 1. The van der Waals surface area contributed by atoms with Gasteiger partial charge in [-0.25, -0.2) is 0 Å². The second kappa shape index (κ2) is 12.5. The van der Waals surface area contributed by atoms with Gasteiger partial charge in [0.1, 0.15) is 24.2 Å². The first-order chi connectivity index (χ1) is 14.4. The maximum absolute atomic E-state index is 12.2. The van der Waals surface area contributed by atoms with Crippen LogP contribution in [0.25, 0.3) is 0 Å². The smallest absolute Gasteiger partial charge is 0.305 e. The quantitative estimate of drug-likeness (QED) is 0.304. The van der Waals surface area contributed by atoms with Crippen LogP contribution in [0.2, 0.25) is 0 Å². The first-order valence-corrected chi connectivity index (χ1v) is 10.3. The molecule has 0 radical (unpaired) electrons. The highest BCUT2D eigenvalue weighted by Gasteiger charge is 2.41. The van der Waals surface area contributed by atoms with Crippen molar-refractivity contribution < 1.29 is 34.0 Å². The number of methoxy groups -OCH3 is 1. The number of aliphatic hydroxyl groups excluding tert-OH is 2. The van der Waals surface area contributed by atoms with Gasteiger partial charge in [-0.3, -0.25) is 9.59 Å². The highest BCUT2D eigenvalue weighted by atomic mass is 16.5. The van der Waals surface area contributed by atoms with E-state index in [0.29, 0.717) is 31.4 Å². The van der Waals surface area contributed by atoms with E-state index in [-0.39, 0.29) is 31.4 Å². The van der Waals surface area contributed by atoms with Crippen LogP contribution in [0.4, 0.5) is 0 Å². The van der Waals surface area contributed by atoms with Gasteiger partial charge >= 0.3 is 5.97 Å². The van der Waals surface area contributed by atoms with E-state index in [1.807, 2.05) is 43.3 Å². The molecule has 1 aliphatic carbocycles. The summed E-state index contributed by atoms with van der Waals surface area (Å²) in [5.74, 6) is -0.0600. The van der Waals surface area contributed by atoms with Gasteiger partial charge < -0.3 is 24.4 Å². The minimum atomic E-state index is -0.875. The normalized spacial score (nSPS) is 22.4. The van der Waals surface area contributed by atoms with Crippen molar-refractivity contribution in [3.63, 3.8) is 0 Å². The lowest BCUT2D eigenvalue weighted by Crippen LogP contribution is -2.34. The Bertz CT molecular complexity index is 715. The number of allylic oxidation sites excluding steroid dienone is 2. The molecule has 1 fully saturated rings. The minimum absolute atomic E-state index is 0.0276. The second-order valence-electron chi connectivity index (χ2n) is 7.60. The van der Waals surface area contributed by atoms with Gasteiger partial charge in [0, 0.05) is 18.8 Å². The van der Waals surface area contributed by atoms with Crippen molar-refractivity contribution in [2.75, 3.05) is 20.3 Å². The minimum Gasteiger partial charge on any atom is -0.491 e. The Hall–Kier alpha value is -2.22. The Balaban J connectivity index is 1.75. The number of hydrogen-bond donors (Lipinski definition) is 2.